The molecule has 0 saturated carbocycles. The summed E-state index contributed by atoms with van der Waals surface area (Å²) in [5.41, 5.74) is 1.55. The topological polar surface area (TPSA) is 83.1 Å². The van der Waals surface area contributed by atoms with Gasteiger partial charge in [0, 0.05) is 11.8 Å². The third-order valence-corrected chi connectivity index (χ3v) is 3.38. The molecule has 7 nitrogen and oxygen atoms in total. The van der Waals surface area contributed by atoms with Crippen LogP contribution in [-0.2, 0) is 14.3 Å². The van der Waals surface area contributed by atoms with Gasteiger partial charge in [-0.05, 0) is 36.8 Å². The molecule has 2 aromatic carbocycles. The quantitative estimate of drug-likeness (QED) is 0.730. The highest BCUT2D eigenvalue weighted by atomic mass is 16.6. The van der Waals surface area contributed by atoms with E-state index in [4.69, 9.17) is 18.9 Å². The van der Waals surface area contributed by atoms with E-state index in [2.05, 4.69) is 5.32 Å². The molecule has 0 spiro atoms. The molecule has 0 aliphatic carbocycles. The normalized spacial score (nSPS) is 9.96. The summed E-state index contributed by atoms with van der Waals surface area (Å²) in [5.74, 6) is 0.442. The van der Waals surface area contributed by atoms with E-state index < -0.39 is 18.5 Å². The van der Waals surface area contributed by atoms with E-state index in [1.54, 1.807) is 36.4 Å². The van der Waals surface area contributed by atoms with E-state index >= 15 is 0 Å². The first-order valence-electron chi connectivity index (χ1n) is 7.89. The predicted molar refractivity (Wildman–Crippen MR) is 95.8 cm³/mol. The van der Waals surface area contributed by atoms with Crippen LogP contribution in [0.2, 0.25) is 0 Å². The van der Waals surface area contributed by atoms with Gasteiger partial charge in [-0.3, -0.25) is 4.79 Å². The van der Waals surface area contributed by atoms with Crippen LogP contribution in [0.25, 0.3) is 0 Å². The number of methoxy groups -OCH3 is 2. The number of rotatable bonds is 8. The van der Waals surface area contributed by atoms with E-state index in [-0.39, 0.29) is 6.61 Å². The minimum atomic E-state index is -0.659. The van der Waals surface area contributed by atoms with Crippen LogP contribution < -0.4 is 19.5 Å². The zero-order valence-electron chi connectivity index (χ0n) is 14.9. The predicted octanol–water partition coefficient (Wildman–Crippen LogP) is 2.57. The number of benzene rings is 2. The number of nitrogens with one attached hydrogen (secondary N) is 1. The van der Waals surface area contributed by atoms with Crippen LogP contribution in [0.3, 0.4) is 0 Å². The molecule has 0 fully saturated rings. The summed E-state index contributed by atoms with van der Waals surface area (Å²) in [6.07, 6.45) is 0. The second kappa shape index (κ2) is 9.31. The molecule has 7 heteroatoms. The molecule has 26 heavy (non-hydrogen) atoms. The van der Waals surface area contributed by atoms with Crippen molar-refractivity contribution < 1.29 is 28.5 Å². The van der Waals surface area contributed by atoms with Crippen molar-refractivity contribution in [3.05, 3.63) is 48.0 Å². The van der Waals surface area contributed by atoms with Crippen molar-refractivity contribution in [1.29, 1.82) is 0 Å². The second-order valence-electron chi connectivity index (χ2n) is 5.38. The molecular weight excluding hydrogens is 338 g/mol. The standard InChI is InChI=1S/C19H21NO6/c1-13-7-8-16(17(9-13)24-3)25-12-19(22)26-11-18(21)20-14-5-4-6-15(10-14)23-2/h4-10H,11-12H2,1-3H3,(H,20,21). The van der Waals surface area contributed by atoms with E-state index in [0.29, 0.717) is 22.9 Å². The minimum absolute atomic E-state index is 0.328. The minimum Gasteiger partial charge on any atom is -0.497 e. The summed E-state index contributed by atoms with van der Waals surface area (Å²) >= 11 is 0. The fourth-order valence-electron chi connectivity index (χ4n) is 2.12. The fourth-order valence-corrected chi connectivity index (χ4v) is 2.12. The Hall–Kier alpha value is -3.22. The van der Waals surface area contributed by atoms with E-state index in [0.717, 1.165) is 5.56 Å². The molecule has 0 radical (unpaired) electrons. The van der Waals surface area contributed by atoms with Crippen molar-refractivity contribution in [2.45, 2.75) is 6.92 Å². The molecule has 138 valence electrons. The number of esters is 1. The first kappa shape index (κ1) is 19.1. The number of hydrogen-bond donors (Lipinski definition) is 1. The van der Waals surface area contributed by atoms with Crippen LogP contribution >= 0.6 is 0 Å². The maximum Gasteiger partial charge on any atom is 0.344 e. The van der Waals surface area contributed by atoms with Gasteiger partial charge in [-0.25, -0.2) is 4.79 Å². The Bertz CT molecular complexity index is 774. The second-order valence-corrected chi connectivity index (χ2v) is 5.38. The Kier molecular flexibility index (Phi) is 6.84. The Morgan fingerprint density at radius 3 is 2.50 bits per heavy atom. The molecule has 0 unspecified atom stereocenters. The lowest BCUT2D eigenvalue weighted by molar-refractivity contribution is -0.149. The molecule has 0 aromatic heterocycles. The third-order valence-electron chi connectivity index (χ3n) is 3.38. The maximum absolute atomic E-state index is 11.8. The lowest BCUT2D eigenvalue weighted by Crippen LogP contribution is -2.23. The molecule has 0 aliphatic heterocycles. The van der Waals surface area contributed by atoms with Crippen LogP contribution in [0.15, 0.2) is 42.5 Å². The summed E-state index contributed by atoms with van der Waals surface area (Å²) in [7, 11) is 3.05. The largest absolute Gasteiger partial charge is 0.497 e. The lowest BCUT2D eigenvalue weighted by atomic mass is 10.2. The van der Waals surface area contributed by atoms with Gasteiger partial charge in [-0.15, -0.1) is 0 Å². The smallest absolute Gasteiger partial charge is 0.344 e. The molecule has 1 N–H and O–H groups in total. The van der Waals surface area contributed by atoms with Crippen molar-refractivity contribution in [3.8, 4) is 17.2 Å². The summed E-state index contributed by atoms with van der Waals surface area (Å²) in [5, 5.41) is 2.61. The number of anilines is 1. The number of aryl methyl sites for hydroxylation is 1. The van der Waals surface area contributed by atoms with Gasteiger partial charge in [-0.1, -0.05) is 12.1 Å². The molecule has 0 saturated heterocycles. The van der Waals surface area contributed by atoms with Gasteiger partial charge in [0.1, 0.15) is 5.75 Å². The van der Waals surface area contributed by atoms with E-state index in [1.165, 1.54) is 14.2 Å². The Balaban J connectivity index is 1.78. The average Bonchev–Trinajstić information content (AvgIpc) is 2.65. The van der Waals surface area contributed by atoms with Crippen LogP contribution in [0.4, 0.5) is 5.69 Å². The van der Waals surface area contributed by atoms with Gasteiger partial charge in [0.2, 0.25) is 0 Å². The fraction of sp³-hybridized carbons (Fsp3) is 0.263. The SMILES string of the molecule is COc1cccc(NC(=O)COC(=O)COc2ccc(C)cc2OC)c1. The summed E-state index contributed by atoms with van der Waals surface area (Å²) in [6.45, 7) is 1.18. The van der Waals surface area contributed by atoms with Crippen LogP contribution in [0.5, 0.6) is 17.2 Å². The highest BCUT2D eigenvalue weighted by Gasteiger charge is 2.11. The summed E-state index contributed by atoms with van der Waals surface area (Å²) < 4.78 is 20.5. The van der Waals surface area contributed by atoms with Gasteiger partial charge < -0.3 is 24.3 Å². The molecule has 2 aromatic rings. The number of amides is 1. The van der Waals surface area contributed by atoms with E-state index in [9.17, 15) is 9.59 Å². The van der Waals surface area contributed by atoms with Crippen molar-refractivity contribution in [1.82, 2.24) is 0 Å². The molecular formula is C19H21NO6. The van der Waals surface area contributed by atoms with Gasteiger partial charge in [-0.2, -0.15) is 0 Å². The molecule has 0 heterocycles. The Morgan fingerprint density at radius 1 is 0.962 bits per heavy atom. The van der Waals surface area contributed by atoms with Gasteiger partial charge in [0.05, 0.1) is 14.2 Å². The first-order chi connectivity index (χ1) is 12.5. The number of carbonyl (C=O) groups excluding carboxylic acids is 2. The Morgan fingerprint density at radius 2 is 1.77 bits per heavy atom. The molecule has 0 bridgehead atoms. The van der Waals surface area contributed by atoms with Crippen LogP contribution in [-0.4, -0.2) is 39.3 Å². The highest BCUT2D eigenvalue weighted by Crippen LogP contribution is 2.27. The number of ether oxygens (including phenoxy) is 4. The number of hydrogen-bond acceptors (Lipinski definition) is 6. The summed E-state index contributed by atoms with van der Waals surface area (Å²) in [4.78, 5) is 23.6. The molecule has 0 atom stereocenters. The van der Waals surface area contributed by atoms with Crippen LogP contribution in [0.1, 0.15) is 5.56 Å². The maximum atomic E-state index is 11.8. The summed E-state index contributed by atoms with van der Waals surface area (Å²) in [6, 6.07) is 12.2. The van der Waals surface area contributed by atoms with Crippen molar-refractivity contribution in [3.63, 3.8) is 0 Å². The molecule has 0 aliphatic rings. The monoisotopic (exact) mass is 359 g/mol. The molecule has 1 amide bonds. The van der Waals surface area contributed by atoms with Crippen molar-refractivity contribution in [2.24, 2.45) is 0 Å². The number of carbonyl (C=O) groups is 2. The Labute approximate surface area is 151 Å². The van der Waals surface area contributed by atoms with Gasteiger partial charge in [0.15, 0.2) is 24.7 Å². The average molecular weight is 359 g/mol. The van der Waals surface area contributed by atoms with Crippen LogP contribution in [0, 0.1) is 6.92 Å². The third kappa shape index (κ3) is 5.70. The van der Waals surface area contributed by atoms with Gasteiger partial charge >= 0.3 is 5.97 Å². The van der Waals surface area contributed by atoms with Gasteiger partial charge in [0.25, 0.3) is 5.91 Å². The molecule has 2 rings (SSSR count). The first-order valence-corrected chi connectivity index (χ1v) is 7.89. The zero-order valence-corrected chi connectivity index (χ0v) is 14.9. The highest BCUT2D eigenvalue weighted by molar-refractivity contribution is 5.93. The lowest BCUT2D eigenvalue weighted by Gasteiger charge is -2.11. The zero-order chi connectivity index (χ0) is 18.9. The van der Waals surface area contributed by atoms with E-state index in [1.807, 2.05) is 13.0 Å². The van der Waals surface area contributed by atoms with Crippen molar-refractivity contribution in [2.75, 3.05) is 32.8 Å². The van der Waals surface area contributed by atoms with Crippen molar-refractivity contribution >= 4 is 17.6 Å².